The molecule has 20 aromatic rings. The van der Waals surface area contributed by atoms with Crippen molar-refractivity contribution in [2.24, 2.45) is 0 Å². The SMILES string of the molecule is Fc1ccc(Cl)cc1-c1cc(-c2cncc(-c3ccc(OCCN4CCCC4)cc3)c2)c2cccnc2n1.Fc1ccc(Cl)cc1-c1cc(-c2cncc(-c3ccc4c(c3)CCNC4)c2)c2cccnc2n1.Fc1ccc(Cl)cc1-c1cc(-c2cncc(-c3cccc(C4CCNCC4)c3)c2)c2cccnc2n1.Fc1ccc(Cl)cc1-c1cc(-c2cncc(-c3cccc(OCCN4CCCC4)c3)c2)c2cccnc2n1. The van der Waals surface area contributed by atoms with E-state index in [2.05, 4.69) is 147 Å². The molecule has 12 aromatic heterocycles. The number of hydrogen-bond donors (Lipinski definition) is 2. The molecule has 8 aromatic carbocycles. The zero-order chi connectivity index (χ0) is 99.4. The van der Waals surface area contributed by atoms with Gasteiger partial charge in [0.15, 0.2) is 22.6 Å². The third kappa shape index (κ3) is 22.7. The van der Waals surface area contributed by atoms with E-state index in [-0.39, 0.29) is 11.6 Å². The first-order chi connectivity index (χ1) is 71.6. The van der Waals surface area contributed by atoms with E-state index >= 15 is 0 Å². The molecule has 0 bridgehead atoms. The van der Waals surface area contributed by atoms with Gasteiger partial charge in [0.2, 0.25) is 0 Å². The minimum Gasteiger partial charge on any atom is -0.492 e. The predicted molar refractivity (Wildman–Crippen MR) is 577 cm³/mol. The van der Waals surface area contributed by atoms with E-state index in [0.717, 1.165) is 194 Å². The van der Waals surface area contributed by atoms with Crippen LogP contribution in [0.2, 0.25) is 20.1 Å². The summed E-state index contributed by atoms with van der Waals surface area (Å²) in [5.74, 6) is 0.728. The molecule has 0 radical (unpaired) electrons. The maximum atomic E-state index is 14.7. The van der Waals surface area contributed by atoms with Crippen LogP contribution in [0.3, 0.4) is 0 Å². The molecule has 146 heavy (non-hydrogen) atoms. The van der Waals surface area contributed by atoms with Crippen LogP contribution in [0.5, 0.6) is 11.5 Å². The normalized spacial score (nSPS) is 13.7. The van der Waals surface area contributed by atoms with Gasteiger partial charge in [0.25, 0.3) is 0 Å². The molecule has 0 atom stereocenters. The van der Waals surface area contributed by atoms with Gasteiger partial charge in [-0.15, -0.1) is 0 Å². The zero-order valence-corrected chi connectivity index (χ0v) is 82.4. The largest absolute Gasteiger partial charge is 0.492 e. The Bertz CT molecular complexity index is 8200. The van der Waals surface area contributed by atoms with Gasteiger partial charge in [0, 0.05) is 202 Å². The summed E-state index contributed by atoms with van der Waals surface area (Å²) < 4.78 is 70.9. The van der Waals surface area contributed by atoms with Gasteiger partial charge in [-0.2, -0.15) is 0 Å². The van der Waals surface area contributed by atoms with Gasteiger partial charge in [-0.1, -0.05) is 113 Å². The Balaban J connectivity index is 0.000000114. The zero-order valence-electron chi connectivity index (χ0n) is 79.4. The minimum absolute atomic E-state index is 0.328. The molecule has 0 aliphatic carbocycles. The average molecular weight is 2010 g/mol. The Morgan fingerprint density at radius 2 is 0.651 bits per heavy atom. The summed E-state index contributed by atoms with van der Waals surface area (Å²) in [5, 5.41) is 12.1. The number of piperidine rings is 1. The van der Waals surface area contributed by atoms with Gasteiger partial charge in [0.1, 0.15) is 48.0 Å². The molecule has 18 nitrogen and oxygen atoms in total. The predicted octanol–water partition coefficient (Wildman–Crippen LogP) is 28.3. The van der Waals surface area contributed by atoms with Gasteiger partial charge >= 0.3 is 0 Å². The van der Waals surface area contributed by atoms with E-state index in [0.29, 0.717) is 107 Å². The summed E-state index contributed by atoms with van der Waals surface area (Å²) in [6.45, 7) is 11.9. The van der Waals surface area contributed by atoms with Crippen LogP contribution < -0.4 is 20.1 Å². The smallest absolute Gasteiger partial charge is 0.160 e. The number of nitrogens with one attached hydrogen (secondary N) is 2. The van der Waals surface area contributed by atoms with E-state index in [1.54, 1.807) is 61.4 Å². The molecule has 26 heteroatoms. The van der Waals surface area contributed by atoms with Crippen LogP contribution >= 0.6 is 46.4 Å². The summed E-state index contributed by atoms with van der Waals surface area (Å²) in [7, 11) is 0. The molecular formula is C120H96Cl4F4N16O2. The molecule has 4 aliphatic heterocycles. The molecule has 0 unspecified atom stereocenters. The van der Waals surface area contributed by atoms with Crippen LogP contribution in [-0.4, -0.2) is 142 Å². The molecule has 3 saturated heterocycles. The fraction of sp³-hybridized carbons (Fsp3) is 0.167. The van der Waals surface area contributed by atoms with E-state index in [1.807, 2.05) is 159 Å². The molecule has 4 aliphatic rings. The van der Waals surface area contributed by atoms with E-state index in [4.69, 9.17) is 55.9 Å². The topological polar surface area (TPSA) is 204 Å². The molecule has 16 heterocycles. The number of halogens is 8. The lowest BCUT2D eigenvalue weighted by atomic mass is 9.88. The molecule has 724 valence electrons. The fourth-order valence-electron chi connectivity index (χ4n) is 19.4. The van der Waals surface area contributed by atoms with E-state index in [1.165, 1.54) is 104 Å². The number of hydrogen-bond acceptors (Lipinski definition) is 18. The highest BCUT2D eigenvalue weighted by Gasteiger charge is 2.25. The molecule has 2 N–H and O–H groups in total. The average Bonchev–Trinajstić information content (AvgIpc) is 0.819. The van der Waals surface area contributed by atoms with E-state index < -0.39 is 11.6 Å². The highest BCUT2D eigenvalue weighted by Crippen LogP contribution is 2.43. The second-order valence-electron chi connectivity index (χ2n) is 36.5. The third-order valence-electron chi connectivity index (χ3n) is 26.9. The van der Waals surface area contributed by atoms with Crippen molar-refractivity contribution in [2.45, 2.75) is 57.4 Å². The lowest BCUT2D eigenvalue weighted by Crippen LogP contribution is -2.26. The number of fused-ring (bicyclic) bond motifs is 5. The number of rotatable bonds is 21. The van der Waals surface area contributed by atoms with Crippen molar-refractivity contribution >= 4 is 90.5 Å². The van der Waals surface area contributed by atoms with Gasteiger partial charge in [-0.3, -0.25) is 29.7 Å². The number of benzene rings is 8. The van der Waals surface area contributed by atoms with Crippen LogP contribution in [0.15, 0.2) is 335 Å². The summed E-state index contributed by atoms with van der Waals surface area (Å²) in [6.07, 6.45) is 29.9. The van der Waals surface area contributed by atoms with Crippen LogP contribution in [0.4, 0.5) is 17.6 Å². The summed E-state index contributed by atoms with van der Waals surface area (Å²) in [4.78, 5) is 59.4. The Hall–Kier alpha value is -15.1. The number of likely N-dealkylation sites (tertiary alicyclic amines) is 2. The fourth-order valence-corrected chi connectivity index (χ4v) is 20.1. The van der Waals surface area contributed by atoms with Crippen molar-refractivity contribution < 1.29 is 27.0 Å². The summed E-state index contributed by atoms with van der Waals surface area (Å²) >= 11 is 24.7. The lowest BCUT2D eigenvalue weighted by molar-refractivity contribution is 0.238. The molecule has 0 amide bonds. The molecule has 0 spiro atoms. The highest BCUT2D eigenvalue weighted by atomic mass is 35.5. The van der Waals surface area contributed by atoms with Crippen molar-refractivity contribution in [2.75, 3.05) is 72.1 Å². The Kier molecular flexibility index (Phi) is 29.9. The minimum atomic E-state index is -0.392. The van der Waals surface area contributed by atoms with Crippen molar-refractivity contribution in [3.05, 3.63) is 395 Å². The summed E-state index contributed by atoms with van der Waals surface area (Å²) in [5.41, 5.74) is 24.9. The van der Waals surface area contributed by atoms with E-state index in [9.17, 15) is 17.6 Å². The highest BCUT2D eigenvalue weighted by molar-refractivity contribution is 6.32. The molecule has 3 fully saturated rings. The van der Waals surface area contributed by atoms with Gasteiger partial charge < -0.3 is 20.1 Å². The lowest BCUT2D eigenvalue weighted by Gasteiger charge is -2.23. The second-order valence-corrected chi connectivity index (χ2v) is 38.2. The molecule has 0 saturated carbocycles. The number of nitrogens with zero attached hydrogens (tertiary/aromatic N) is 14. The standard InChI is InChI=1S/2C31H26ClFN4O.C30H24ClFN4.C28H20ClFN4/c32-24-8-9-29(33)28(17-24)30-18-27(26-7-4-10-35-31(26)36-30)23-15-22(19-34-20-23)21-5-3-6-25(16-21)38-14-13-37-11-1-2-12-37;32-24-7-10-29(33)28(17-24)30-18-27(26-4-3-11-35-31(26)36-30)23-16-22(19-34-20-23)21-5-8-25(9-6-21)38-15-14-37-12-1-2-13-37;31-24-6-7-28(32)27(15-24)29-16-26(25-5-2-10-35-30(25)36-29)23-14-22(17-34-18-23)21-4-1-3-20(13-21)19-8-11-33-12-9-19;29-22-5-6-26(30)25(12-22)27-13-24(23-2-1-8-33-28(23)34-27)21-11-20(15-32-16-21)17-3-4-19-14-31-9-7-18(19)10-17/h3-10,15-20H,1-2,11-14H2;3-11,16-20H,1-2,12-15H2;1-7,10,13-19,33H,8-9,11-12H2;1-6,8,10-13,15-16,31H,7,9,14H2. The monoisotopic (exact) mass is 2010 g/mol. The first-order valence-corrected chi connectivity index (χ1v) is 50.3. The van der Waals surface area contributed by atoms with Crippen LogP contribution in [0, 0.1) is 23.3 Å². The van der Waals surface area contributed by atoms with Crippen LogP contribution in [0.1, 0.15) is 61.1 Å². The number of aromatic nitrogens is 12. The van der Waals surface area contributed by atoms with Gasteiger partial charge in [-0.05, 0) is 352 Å². The molecule has 24 rings (SSSR count). The maximum absolute atomic E-state index is 14.7. The first kappa shape index (κ1) is 97.0. The number of ether oxygens (including phenoxy) is 2. The quantitative estimate of drug-likeness (QED) is 0.0642. The second kappa shape index (κ2) is 45.1. The molecular weight excluding hydrogens is 1920 g/mol. The van der Waals surface area contributed by atoms with Crippen molar-refractivity contribution in [1.82, 2.24) is 80.2 Å². The van der Waals surface area contributed by atoms with Crippen molar-refractivity contribution in [3.8, 4) is 146 Å². The van der Waals surface area contributed by atoms with Crippen LogP contribution in [0.25, 0.3) is 178 Å². The Morgan fingerprint density at radius 3 is 1.05 bits per heavy atom. The van der Waals surface area contributed by atoms with Crippen LogP contribution in [-0.2, 0) is 13.0 Å². The Morgan fingerprint density at radius 1 is 0.295 bits per heavy atom. The third-order valence-corrected chi connectivity index (χ3v) is 27.9. The van der Waals surface area contributed by atoms with Crippen molar-refractivity contribution in [3.63, 3.8) is 0 Å². The first-order valence-electron chi connectivity index (χ1n) is 48.8. The maximum Gasteiger partial charge on any atom is 0.160 e. The van der Waals surface area contributed by atoms with Gasteiger partial charge in [-0.25, -0.2) is 57.4 Å². The summed E-state index contributed by atoms with van der Waals surface area (Å²) in [6, 6.07) is 80.7. The Labute approximate surface area is 862 Å². The van der Waals surface area contributed by atoms with Gasteiger partial charge in [0.05, 0.1) is 22.8 Å². The van der Waals surface area contributed by atoms with Crippen molar-refractivity contribution in [1.29, 1.82) is 0 Å². The number of pyridine rings is 12.